The molecule has 8 atom stereocenters. The average molecular weight is 575 g/mol. The van der Waals surface area contributed by atoms with Crippen LogP contribution in [0.25, 0.3) is 0 Å². The normalized spacial score (nSPS) is 31.3. The number of nitrogens with zero attached hydrogens (tertiary/aromatic N) is 1. The van der Waals surface area contributed by atoms with E-state index >= 15 is 0 Å². The summed E-state index contributed by atoms with van der Waals surface area (Å²) in [4.78, 5) is 15.1. The Hall–Kier alpha value is -0.490. The molecule has 0 bridgehead atoms. The number of fused-ring (bicyclic) bond motifs is 5. The molecule has 0 saturated heterocycles. The molecule has 5 nitrogen and oxygen atoms in total. The number of carbonyl (C=O) groups is 1. The fourth-order valence-corrected chi connectivity index (χ4v) is 8.12. The molecule has 0 spiro atoms. The number of unbranched alkanes of at least 4 members (excludes halogenated alkanes) is 4. The molecule has 4 aliphatic carbocycles. The molecule has 0 aromatic heterocycles. The summed E-state index contributed by atoms with van der Waals surface area (Å²) in [5.41, 5.74) is 13.5. The number of ether oxygens (including phenoxy) is 1. The van der Waals surface area contributed by atoms with Gasteiger partial charge in [0.05, 0.1) is 0 Å². The standard InChI is InChI=1S/C31H55N3O2.2ClH/c1-22(32)9-6-4-3-5-7-19-34(20-18-23(2)33)31(35)36-26-14-17-28-25(21-26)13-16-29-27-11-8-10-24(27)12-15-30(28)29;;/h13,22-24,26-30H,3-12,14-21,32-33H2,1-2H3;2*1H. The van der Waals surface area contributed by atoms with E-state index in [0.29, 0.717) is 12.6 Å². The first-order chi connectivity index (χ1) is 17.4. The third-order valence-corrected chi connectivity index (χ3v) is 10.1. The Balaban J connectivity index is 0.00000253. The van der Waals surface area contributed by atoms with Gasteiger partial charge >= 0.3 is 6.09 Å². The lowest BCUT2D eigenvalue weighted by atomic mass is 9.57. The van der Waals surface area contributed by atoms with E-state index in [0.717, 1.165) is 74.7 Å². The molecule has 4 rings (SSSR count). The molecule has 0 aromatic carbocycles. The molecule has 4 N–H and O–H groups in total. The van der Waals surface area contributed by atoms with E-state index in [1.807, 2.05) is 11.8 Å². The van der Waals surface area contributed by atoms with Crippen LogP contribution < -0.4 is 11.5 Å². The summed E-state index contributed by atoms with van der Waals surface area (Å²) < 4.78 is 6.15. The minimum Gasteiger partial charge on any atom is -0.446 e. The van der Waals surface area contributed by atoms with Crippen molar-refractivity contribution in [3.63, 3.8) is 0 Å². The Morgan fingerprint density at radius 2 is 1.61 bits per heavy atom. The van der Waals surface area contributed by atoms with Crippen molar-refractivity contribution in [1.82, 2.24) is 4.90 Å². The van der Waals surface area contributed by atoms with E-state index < -0.39 is 0 Å². The number of hydrogen-bond donors (Lipinski definition) is 2. The third-order valence-electron chi connectivity index (χ3n) is 10.1. The third kappa shape index (κ3) is 9.28. The van der Waals surface area contributed by atoms with Crippen LogP contribution in [0.1, 0.15) is 117 Å². The Kier molecular flexibility index (Phi) is 14.8. The zero-order chi connectivity index (χ0) is 25.5. The number of nitrogens with two attached hydrogens (primary N) is 2. The first-order valence-corrected chi connectivity index (χ1v) is 15.6. The van der Waals surface area contributed by atoms with Crippen molar-refractivity contribution < 1.29 is 9.53 Å². The van der Waals surface area contributed by atoms with Gasteiger partial charge in [0.1, 0.15) is 6.10 Å². The Labute approximate surface area is 245 Å². The number of hydrogen-bond acceptors (Lipinski definition) is 4. The van der Waals surface area contributed by atoms with Crippen molar-refractivity contribution >= 4 is 30.9 Å². The summed E-state index contributed by atoms with van der Waals surface area (Å²) in [7, 11) is 0. The van der Waals surface area contributed by atoms with Gasteiger partial charge in [0.15, 0.2) is 0 Å². The molecule has 8 unspecified atom stereocenters. The number of carbonyl (C=O) groups excluding carboxylic acids is 1. The fourth-order valence-electron chi connectivity index (χ4n) is 8.12. The van der Waals surface area contributed by atoms with E-state index in [-0.39, 0.29) is 43.1 Å². The van der Waals surface area contributed by atoms with Gasteiger partial charge in [-0.15, -0.1) is 24.8 Å². The van der Waals surface area contributed by atoms with Crippen LogP contribution in [0.15, 0.2) is 11.6 Å². The van der Waals surface area contributed by atoms with Gasteiger partial charge in [0.25, 0.3) is 0 Å². The fraction of sp³-hybridized carbons (Fsp3) is 0.903. The minimum absolute atomic E-state index is 0. The molecule has 222 valence electrons. The van der Waals surface area contributed by atoms with Gasteiger partial charge in [-0.3, -0.25) is 0 Å². The number of rotatable bonds is 12. The molecular formula is C31H57Cl2N3O2. The molecule has 3 fully saturated rings. The maximum absolute atomic E-state index is 13.2. The van der Waals surface area contributed by atoms with Crippen molar-refractivity contribution in [2.24, 2.45) is 41.1 Å². The lowest BCUT2D eigenvalue weighted by Gasteiger charge is -2.49. The summed E-state index contributed by atoms with van der Waals surface area (Å²) in [6.07, 6.45) is 22.1. The predicted octanol–water partition coefficient (Wildman–Crippen LogP) is 7.64. The highest BCUT2D eigenvalue weighted by Gasteiger charge is 2.47. The molecule has 4 aliphatic rings. The second kappa shape index (κ2) is 16.7. The summed E-state index contributed by atoms with van der Waals surface area (Å²) in [5.74, 6) is 4.62. The number of halogens is 2. The van der Waals surface area contributed by atoms with Gasteiger partial charge in [-0.25, -0.2) is 4.79 Å². The molecular weight excluding hydrogens is 517 g/mol. The summed E-state index contributed by atoms with van der Waals surface area (Å²) >= 11 is 0. The van der Waals surface area contributed by atoms with Crippen molar-refractivity contribution in [1.29, 1.82) is 0 Å². The maximum Gasteiger partial charge on any atom is 0.410 e. The van der Waals surface area contributed by atoms with Crippen molar-refractivity contribution in [3.05, 3.63) is 11.6 Å². The molecule has 0 heterocycles. The van der Waals surface area contributed by atoms with Crippen LogP contribution in [-0.4, -0.2) is 42.3 Å². The highest BCUT2D eigenvalue weighted by molar-refractivity contribution is 5.85. The lowest BCUT2D eigenvalue weighted by Crippen LogP contribution is -2.42. The summed E-state index contributed by atoms with van der Waals surface area (Å²) in [5, 5.41) is 0. The van der Waals surface area contributed by atoms with Crippen molar-refractivity contribution in [2.75, 3.05) is 13.1 Å². The van der Waals surface area contributed by atoms with Gasteiger partial charge in [0.2, 0.25) is 0 Å². The zero-order valence-corrected chi connectivity index (χ0v) is 25.8. The average Bonchev–Trinajstić information content (AvgIpc) is 3.33. The van der Waals surface area contributed by atoms with Crippen LogP contribution >= 0.6 is 24.8 Å². The number of allylic oxidation sites excluding steroid dienone is 1. The summed E-state index contributed by atoms with van der Waals surface area (Å²) in [6, 6.07) is 0.404. The van der Waals surface area contributed by atoms with E-state index in [1.165, 1.54) is 64.2 Å². The van der Waals surface area contributed by atoms with Crippen molar-refractivity contribution in [2.45, 2.75) is 135 Å². The van der Waals surface area contributed by atoms with Gasteiger partial charge < -0.3 is 21.1 Å². The van der Waals surface area contributed by atoms with Crippen LogP contribution in [0.2, 0.25) is 0 Å². The van der Waals surface area contributed by atoms with Gasteiger partial charge in [-0.1, -0.05) is 50.2 Å². The second-order valence-electron chi connectivity index (χ2n) is 13.0. The van der Waals surface area contributed by atoms with Crippen LogP contribution in [0.4, 0.5) is 4.79 Å². The lowest BCUT2D eigenvalue weighted by molar-refractivity contribution is 0.0223. The van der Waals surface area contributed by atoms with Gasteiger partial charge in [0, 0.05) is 31.6 Å². The molecule has 1 amide bonds. The van der Waals surface area contributed by atoms with Crippen molar-refractivity contribution in [3.8, 4) is 0 Å². The zero-order valence-electron chi connectivity index (χ0n) is 24.2. The predicted molar refractivity (Wildman–Crippen MR) is 163 cm³/mol. The SMILES string of the molecule is CC(N)CCCCCCCN(CCC(C)N)C(=O)OC1CCC2C(=CCC3C4CCCC4CCC23)C1.Cl.Cl. The first-order valence-electron chi connectivity index (χ1n) is 15.6. The molecule has 7 heteroatoms. The van der Waals surface area contributed by atoms with Gasteiger partial charge in [-0.2, -0.15) is 0 Å². The Morgan fingerprint density at radius 1 is 0.868 bits per heavy atom. The quantitative estimate of drug-likeness (QED) is 0.185. The van der Waals surface area contributed by atoms with Crippen LogP contribution in [0.3, 0.4) is 0 Å². The molecule has 3 saturated carbocycles. The first kappa shape index (κ1) is 33.7. The highest BCUT2D eigenvalue weighted by Crippen LogP contribution is 2.56. The van der Waals surface area contributed by atoms with Crippen LogP contribution in [0.5, 0.6) is 0 Å². The van der Waals surface area contributed by atoms with E-state index in [4.69, 9.17) is 16.2 Å². The number of amides is 1. The Morgan fingerprint density at radius 3 is 2.37 bits per heavy atom. The highest BCUT2D eigenvalue weighted by atomic mass is 35.5. The van der Waals surface area contributed by atoms with Gasteiger partial charge in [-0.05, 0) is 101 Å². The van der Waals surface area contributed by atoms with E-state index in [9.17, 15) is 4.79 Å². The van der Waals surface area contributed by atoms with Crippen LogP contribution in [0, 0.1) is 29.6 Å². The molecule has 38 heavy (non-hydrogen) atoms. The molecule has 0 radical (unpaired) electrons. The van der Waals surface area contributed by atoms with E-state index in [1.54, 1.807) is 5.57 Å². The van der Waals surface area contributed by atoms with Crippen LogP contribution in [-0.2, 0) is 4.74 Å². The monoisotopic (exact) mass is 573 g/mol. The molecule has 0 aromatic rings. The second-order valence-corrected chi connectivity index (χ2v) is 13.0. The summed E-state index contributed by atoms with van der Waals surface area (Å²) in [6.45, 7) is 5.58. The smallest absolute Gasteiger partial charge is 0.410 e. The molecule has 0 aliphatic heterocycles. The van der Waals surface area contributed by atoms with E-state index in [2.05, 4.69) is 13.0 Å². The topological polar surface area (TPSA) is 81.6 Å². The largest absolute Gasteiger partial charge is 0.446 e. The maximum atomic E-state index is 13.2. The minimum atomic E-state index is -0.114. The Bertz CT molecular complexity index is 732.